The Morgan fingerprint density at radius 3 is 2.19 bits per heavy atom. The average Bonchev–Trinajstić information content (AvgIpc) is 2.88. The third kappa shape index (κ3) is 7.81. The molecule has 0 saturated carbocycles. The first-order chi connectivity index (χ1) is 17.3. The van der Waals surface area contributed by atoms with Gasteiger partial charge in [-0.15, -0.1) is 0 Å². The van der Waals surface area contributed by atoms with Gasteiger partial charge in [-0.05, 0) is 44.8 Å². The fourth-order valence-corrected chi connectivity index (χ4v) is 4.04. The highest BCUT2D eigenvalue weighted by Gasteiger charge is 2.23. The van der Waals surface area contributed by atoms with Gasteiger partial charge in [0.15, 0.2) is 0 Å². The Kier molecular flexibility index (Phi) is 9.87. The summed E-state index contributed by atoms with van der Waals surface area (Å²) in [4.78, 5) is 37.1. The minimum Gasteiger partial charge on any atom is -0.474 e. The second kappa shape index (κ2) is 13.1. The SMILES string of the molecule is CCN(CCN(C)C)C(=O)/C=C\C(=O)N1CCC(Oc2ccc(-c3ccc(N(C)C)cc3)cn2)CC1. The molecule has 3 rings (SSSR count). The smallest absolute Gasteiger partial charge is 0.246 e. The highest BCUT2D eigenvalue weighted by atomic mass is 16.5. The molecule has 0 spiro atoms. The van der Waals surface area contributed by atoms with Gasteiger partial charge in [-0.25, -0.2) is 4.98 Å². The highest BCUT2D eigenvalue weighted by molar-refractivity contribution is 5.96. The predicted molar refractivity (Wildman–Crippen MR) is 144 cm³/mol. The van der Waals surface area contributed by atoms with Gasteiger partial charge in [0.2, 0.25) is 17.7 Å². The van der Waals surface area contributed by atoms with E-state index in [1.165, 1.54) is 12.2 Å². The predicted octanol–water partition coefficient (Wildman–Crippen LogP) is 3.15. The number of aromatic nitrogens is 1. The van der Waals surface area contributed by atoms with Crippen LogP contribution in [0, 0.1) is 0 Å². The molecule has 2 heterocycles. The number of piperidine rings is 1. The largest absolute Gasteiger partial charge is 0.474 e. The van der Waals surface area contributed by atoms with E-state index >= 15 is 0 Å². The number of likely N-dealkylation sites (tertiary alicyclic amines) is 1. The number of hydrogen-bond donors (Lipinski definition) is 0. The van der Waals surface area contributed by atoms with E-state index in [2.05, 4.69) is 34.1 Å². The van der Waals surface area contributed by atoms with Crippen molar-refractivity contribution < 1.29 is 14.3 Å². The van der Waals surface area contributed by atoms with Crippen LogP contribution in [0.3, 0.4) is 0 Å². The lowest BCUT2D eigenvalue weighted by atomic mass is 10.1. The molecule has 1 aromatic carbocycles. The van der Waals surface area contributed by atoms with Crippen molar-refractivity contribution in [1.29, 1.82) is 0 Å². The Labute approximate surface area is 215 Å². The van der Waals surface area contributed by atoms with Crippen LogP contribution in [0.4, 0.5) is 5.69 Å². The quantitative estimate of drug-likeness (QED) is 0.474. The first-order valence-corrected chi connectivity index (χ1v) is 12.6. The summed E-state index contributed by atoms with van der Waals surface area (Å²) < 4.78 is 6.08. The van der Waals surface area contributed by atoms with Crippen LogP contribution in [0.5, 0.6) is 5.88 Å². The maximum absolute atomic E-state index is 12.6. The second-order valence-electron chi connectivity index (χ2n) is 9.52. The van der Waals surface area contributed by atoms with E-state index in [1.54, 1.807) is 9.80 Å². The zero-order valence-electron chi connectivity index (χ0n) is 22.2. The number of benzene rings is 1. The summed E-state index contributed by atoms with van der Waals surface area (Å²) in [5.41, 5.74) is 3.30. The molecule has 1 aliphatic rings. The van der Waals surface area contributed by atoms with Crippen molar-refractivity contribution in [3.05, 3.63) is 54.7 Å². The van der Waals surface area contributed by atoms with Crippen LogP contribution in [-0.4, -0.2) is 98.5 Å². The highest BCUT2D eigenvalue weighted by Crippen LogP contribution is 2.24. The van der Waals surface area contributed by atoms with Gasteiger partial charge in [-0.3, -0.25) is 9.59 Å². The lowest BCUT2D eigenvalue weighted by Crippen LogP contribution is -2.41. The van der Waals surface area contributed by atoms with Crippen LogP contribution in [-0.2, 0) is 9.59 Å². The maximum Gasteiger partial charge on any atom is 0.246 e. The fourth-order valence-electron chi connectivity index (χ4n) is 4.04. The monoisotopic (exact) mass is 493 g/mol. The molecule has 0 aliphatic carbocycles. The van der Waals surface area contributed by atoms with Crippen LogP contribution in [0.1, 0.15) is 19.8 Å². The molecule has 36 heavy (non-hydrogen) atoms. The molecule has 1 saturated heterocycles. The van der Waals surface area contributed by atoms with Crippen molar-refractivity contribution >= 4 is 17.5 Å². The minimum atomic E-state index is -0.131. The third-order valence-corrected chi connectivity index (χ3v) is 6.37. The number of carbonyl (C=O) groups excluding carboxylic acids is 2. The van der Waals surface area contributed by atoms with Crippen LogP contribution < -0.4 is 9.64 Å². The molecule has 0 radical (unpaired) electrons. The number of ether oxygens (including phenoxy) is 1. The number of nitrogens with zero attached hydrogens (tertiary/aromatic N) is 5. The van der Waals surface area contributed by atoms with Gasteiger partial charge in [0, 0.05) is 95.3 Å². The van der Waals surface area contributed by atoms with Crippen LogP contribution in [0.25, 0.3) is 11.1 Å². The van der Waals surface area contributed by atoms with Gasteiger partial charge >= 0.3 is 0 Å². The van der Waals surface area contributed by atoms with Crippen LogP contribution >= 0.6 is 0 Å². The molecule has 2 amide bonds. The average molecular weight is 494 g/mol. The van der Waals surface area contributed by atoms with E-state index in [0.29, 0.717) is 32.1 Å². The molecule has 0 bridgehead atoms. The van der Waals surface area contributed by atoms with Crippen molar-refractivity contribution in [1.82, 2.24) is 19.7 Å². The van der Waals surface area contributed by atoms with Crippen LogP contribution in [0.2, 0.25) is 0 Å². The molecule has 0 unspecified atom stereocenters. The molecule has 2 aromatic rings. The van der Waals surface area contributed by atoms with Gasteiger partial charge in [0.25, 0.3) is 0 Å². The summed E-state index contributed by atoms with van der Waals surface area (Å²) >= 11 is 0. The first-order valence-electron chi connectivity index (χ1n) is 12.6. The molecule has 8 nitrogen and oxygen atoms in total. The van der Waals surface area contributed by atoms with Crippen molar-refractivity contribution in [2.75, 3.05) is 65.8 Å². The van der Waals surface area contributed by atoms with Crippen molar-refractivity contribution in [3.8, 4) is 17.0 Å². The molecule has 1 aromatic heterocycles. The molecule has 1 aliphatic heterocycles. The summed E-state index contributed by atoms with van der Waals surface area (Å²) in [6.07, 6.45) is 6.09. The van der Waals surface area contributed by atoms with Gasteiger partial charge < -0.3 is 24.3 Å². The lowest BCUT2D eigenvalue weighted by Gasteiger charge is -2.31. The van der Waals surface area contributed by atoms with E-state index in [9.17, 15) is 9.59 Å². The van der Waals surface area contributed by atoms with Crippen molar-refractivity contribution in [2.24, 2.45) is 0 Å². The van der Waals surface area contributed by atoms with E-state index in [4.69, 9.17) is 4.74 Å². The van der Waals surface area contributed by atoms with E-state index in [-0.39, 0.29) is 17.9 Å². The summed E-state index contributed by atoms with van der Waals surface area (Å²) in [5.74, 6) is 0.332. The topological polar surface area (TPSA) is 69.2 Å². The minimum absolute atomic E-state index is 0.0130. The number of carbonyl (C=O) groups is 2. The first kappa shape index (κ1) is 27.2. The number of amides is 2. The molecular weight excluding hydrogens is 454 g/mol. The third-order valence-electron chi connectivity index (χ3n) is 6.37. The standard InChI is InChI=1S/C28H39N5O3/c1-6-32(20-19-30(2)3)27(34)13-14-28(35)33-17-15-25(16-18-33)36-26-12-9-23(21-29-26)22-7-10-24(11-8-22)31(4)5/h7-14,21,25H,6,15-20H2,1-5H3/b14-13-. The molecule has 194 valence electrons. The fraction of sp³-hybridized carbons (Fsp3) is 0.464. The number of anilines is 1. The number of pyridine rings is 1. The summed E-state index contributed by atoms with van der Waals surface area (Å²) in [6, 6.07) is 12.3. The molecule has 1 fully saturated rings. The van der Waals surface area contributed by atoms with Gasteiger partial charge in [0.05, 0.1) is 0 Å². The molecule has 8 heteroatoms. The summed E-state index contributed by atoms with van der Waals surface area (Å²) in [5, 5.41) is 0. The second-order valence-corrected chi connectivity index (χ2v) is 9.52. The Hall–Kier alpha value is -3.39. The Morgan fingerprint density at radius 2 is 1.64 bits per heavy atom. The number of rotatable bonds is 10. The van der Waals surface area contributed by atoms with E-state index in [1.807, 2.05) is 58.3 Å². The molecular formula is C28H39N5O3. The summed E-state index contributed by atoms with van der Waals surface area (Å²) in [7, 11) is 7.99. The Morgan fingerprint density at radius 1 is 0.972 bits per heavy atom. The summed E-state index contributed by atoms with van der Waals surface area (Å²) in [6.45, 7) is 5.18. The van der Waals surface area contributed by atoms with Crippen LogP contribution in [0.15, 0.2) is 54.7 Å². The van der Waals surface area contributed by atoms with E-state index in [0.717, 1.165) is 36.2 Å². The zero-order valence-corrected chi connectivity index (χ0v) is 22.2. The zero-order chi connectivity index (χ0) is 26.1. The van der Waals surface area contributed by atoms with Gasteiger partial charge in [-0.1, -0.05) is 12.1 Å². The van der Waals surface area contributed by atoms with Crippen molar-refractivity contribution in [3.63, 3.8) is 0 Å². The Balaban J connectivity index is 1.46. The number of hydrogen-bond acceptors (Lipinski definition) is 6. The van der Waals surface area contributed by atoms with Gasteiger partial charge in [0.1, 0.15) is 6.10 Å². The molecule has 0 N–H and O–H groups in total. The van der Waals surface area contributed by atoms with Crippen molar-refractivity contribution in [2.45, 2.75) is 25.9 Å². The number of likely N-dealkylation sites (N-methyl/N-ethyl adjacent to an activating group) is 2. The normalized spacial score (nSPS) is 14.3. The van der Waals surface area contributed by atoms with Gasteiger partial charge in [-0.2, -0.15) is 0 Å². The Bertz CT molecular complexity index is 1010. The molecule has 0 atom stereocenters. The lowest BCUT2D eigenvalue weighted by molar-refractivity contribution is -0.129. The van der Waals surface area contributed by atoms with E-state index < -0.39 is 0 Å². The maximum atomic E-state index is 12.6.